The highest BCUT2D eigenvalue weighted by Gasteiger charge is 2.28. The van der Waals surface area contributed by atoms with Crippen molar-refractivity contribution < 1.29 is 14.7 Å². The average molecular weight is 501 g/mol. The second kappa shape index (κ2) is 7.60. The predicted octanol–water partition coefficient (Wildman–Crippen LogP) is 2.96. The van der Waals surface area contributed by atoms with Crippen LogP contribution < -0.4 is 5.11 Å². The van der Waals surface area contributed by atoms with E-state index in [9.17, 15) is 14.7 Å². The van der Waals surface area contributed by atoms with Crippen molar-refractivity contribution in [3.05, 3.63) is 0 Å². The van der Waals surface area contributed by atoms with Crippen molar-refractivity contribution >= 4 is 75.5 Å². The summed E-state index contributed by atoms with van der Waals surface area (Å²) in [4.78, 5) is 22.0. The molecule has 0 N–H and O–H groups in total. The zero-order valence-electron chi connectivity index (χ0n) is 9.38. The normalized spacial score (nSPS) is 17.3. The van der Waals surface area contributed by atoms with E-state index in [1.807, 2.05) is 6.92 Å². The van der Waals surface area contributed by atoms with Crippen molar-refractivity contribution in [2.24, 2.45) is 11.8 Å². The van der Waals surface area contributed by atoms with Gasteiger partial charge in [-0.25, -0.2) is 0 Å². The number of alkyl halides is 4. The van der Waals surface area contributed by atoms with Crippen molar-refractivity contribution in [1.29, 1.82) is 0 Å². The van der Waals surface area contributed by atoms with Crippen LogP contribution in [0, 0.1) is 11.8 Å². The van der Waals surface area contributed by atoms with Crippen molar-refractivity contribution in [2.75, 3.05) is 0 Å². The molecule has 7 heteroatoms. The van der Waals surface area contributed by atoms with Crippen LogP contribution in [0.15, 0.2) is 0 Å². The molecule has 3 unspecified atom stereocenters. The molecule has 100 valence electrons. The molecule has 3 atom stereocenters. The molecule has 0 radical (unpaired) electrons. The lowest BCUT2D eigenvalue weighted by atomic mass is 9.90. The van der Waals surface area contributed by atoms with Crippen molar-refractivity contribution in [3.63, 3.8) is 0 Å². The van der Waals surface area contributed by atoms with Gasteiger partial charge in [0.05, 0.1) is 11.9 Å². The number of Topliss-reactive ketones (excluding diaryl/α,β-unsaturated/α-hetero) is 1. The lowest BCUT2D eigenvalue weighted by Crippen LogP contribution is -2.37. The van der Waals surface area contributed by atoms with Gasteiger partial charge in [0.25, 0.3) is 0 Å². The van der Waals surface area contributed by atoms with Crippen LogP contribution >= 0.6 is 63.7 Å². The van der Waals surface area contributed by atoms with Gasteiger partial charge < -0.3 is 9.90 Å². The summed E-state index contributed by atoms with van der Waals surface area (Å²) in [5, 5.41) is 10.8. The van der Waals surface area contributed by atoms with Crippen molar-refractivity contribution in [1.82, 2.24) is 0 Å². The van der Waals surface area contributed by atoms with E-state index in [2.05, 4.69) is 63.7 Å². The van der Waals surface area contributed by atoms with Crippen LogP contribution in [0.1, 0.15) is 26.7 Å². The zero-order chi connectivity index (χ0) is 13.8. The SMILES string of the molecule is CC(=O)C(CC(C)C(Br)CC(Br)(Br)Br)C(=O)[O-]. The highest BCUT2D eigenvalue weighted by molar-refractivity contribution is 9.39. The molecule has 0 aromatic heterocycles. The number of aliphatic carboxylic acids is 1. The third kappa shape index (κ3) is 7.95. The Hall–Kier alpha value is 1.06. The molecule has 0 fully saturated rings. The Balaban J connectivity index is 4.46. The lowest BCUT2D eigenvalue weighted by Gasteiger charge is -2.26. The number of carboxylic acid groups (broad SMARTS) is 1. The quantitative estimate of drug-likeness (QED) is 0.416. The predicted molar refractivity (Wildman–Crippen MR) is 79.8 cm³/mol. The Bertz CT molecular complexity index is 274. The summed E-state index contributed by atoms with van der Waals surface area (Å²) in [7, 11) is 0. The molecule has 0 bridgehead atoms. The molecule has 0 aliphatic carbocycles. The van der Waals surface area contributed by atoms with Gasteiger partial charge in [-0.3, -0.25) is 4.79 Å². The fourth-order valence-electron chi connectivity index (χ4n) is 1.37. The first kappa shape index (κ1) is 18.1. The highest BCUT2D eigenvalue weighted by atomic mass is 80.0. The van der Waals surface area contributed by atoms with Gasteiger partial charge in [0.1, 0.15) is 7.93 Å². The van der Waals surface area contributed by atoms with E-state index in [1.165, 1.54) is 6.92 Å². The molecule has 0 aromatic carbocycles. The first-order valence-corrected chi connectivity index (χ1v) is 8.26. The second-order valence-electron chi connectivity index (χ2n) is 4.03. The van der Waals surface area contributed by atoms with E-state index < -0.39 is 11.9 Å². The molecular formula is C10H13Br4O3-. The number of hydrogen-bond acceptors (Lipinski definition) is 3. The van der Waals surface area contributed by atoms with E-state index in [4.69, 9.17) is 0 Å². The van der Waals surface area contributed by atoms with Gasteiger partial charge in [0, 0.05) is 4.83 Å². The molecule has 0 aliphatic heterocycles. The number of carbonyl (C=O) groups is 2. The fraction of sp³-hybridized carbons (Fsp3) is 0.800. The summed E-state index contributed by atoms with van der Waals surface area (Å²) in [5.74, 6) is -2.65. The van der Waals surface area contributed by atoms with Crippen LogP contribution in [0.3, 0.4) is 0 Å². The Kier molecular flexibility index (Phi) is 8.08. The van der Waals surface area contributed by atoms with Crippen molar-refractivity contribution in [3.8, 4) is 0 Å². The molecular weight excluding hydrogens is 488 g/mol. The zero-order valence-corrected chi connectivity index (χ0v) is 15.7. The molecule has 0 spiro atoms. The van der Waals surface area contributed by atoms with Crippen LogP contribution in [0.5, 0.6) is 0 Å². The van der Waals surface area contributed by atoms with E-state index >= 15 is 0 Å². The summed E-state index contributed by atoms with van der Waals surface area (Å²) in [6.45, 7) is 3.18. The summed E-state index contributed by atoms with van der Waals surface area (Å²) < 4.78 is -0.386. The van der Waals surface area contributed by atoms with E-state index in [0.717, 1.165) is 0 Å². The van der Waals surface area contributed by atoms with Crippen molar-refractivity contribution in [2.45, 2.75) is 33.7 Å². The Morgan fingerprint density at radius 3 is 2.06 bits per heavy atom. The smallest absolute Gasteiger partial charge is 0.138 e. The number of hydrogen-bond donors (Lipinski definition) is 0. The maximum absolute atomic E-state index is 11.2. The van der Waals surface area contributed by atoms with Crippen LogP contribution in [-0.4, -0.2) is 18.7 Å². The first-order chi connectivity index (χ1) is 7.54. The number of rotatable bonds is 6. The first-order valence-electron chi connectivity index (χ1n) is 4.96. The molecule has 0 aromatic rings. The summed E-state index contributed by atoms with van der Waals surface area (Å²) in [6.07, 6.45) is 0.961. The summed E-state index contributed by atoms with van der Waals surface area (Å²) in [6, 6.07) is 0. The van der Waals surface area contributed by atoms with Gasteiger partial charge in [-0.1, -0.05) is 70.6 Å². The minimum atomic E-state index is -1.30. The summed E-state index contributed by atoms with van der Waals surface area (Å²) >= 11 is 13.6. The molecule has 17 heavy (non-hydrogen) atoms. The minimum Gasteiger partial charge on any atom is -0.549 e. The molecule has 0 heterocycles. The van der Waals surface area contributed by atoms with E-state index in [-0.39, 0.29) is 25.1 Å². The molecule has 3 nitrogen and oxygen atoms in total. The molecule has 0 saturated carbocycles. The number of carbonyl (C=O) groups excluding carboxylic acids is 2. The molecule has 0 amide bonds. The fourth-order valence-corrected chi connectivity index (χ4v) is 4.42. The average Bonchev–Trinajstić information content (AvgIpc) is 2.09. The number of ketones is 1. The molecule has 0 saturated heterocycles. The monoisotopic (exact) mass is 497 g/mol. The molecule has 0 aliphatic rings. The van der Waals surface area contributed by atoms with Gasteiger partial charge in [0.15, 0.2) is 0 Å². The lowest BCUT2D eigenvalue weighted by molar-refractivity contribution is -0.310. The van der Waals surface area contributed by atoms with Gasteiger partial charge in [-0.15, -0.1) is 0 Å². The number of carboxylic acids is 1. The Labute approximate surface area is 135 Å². The van der Waals surface area contributed by atoms with Gasteiger partial charge >= 0.3 is 0 Å². The maximum Gasteiger partial charge on any atom is 0.138 e. The topological polar surface area (TPSA) is 57.2 Å². The van der Waals surface area contributed by atoms with Crippen LogP contribution in [-0.2, 0) is 9.59 Å². The second-order valence-corrected chi connectivity index (χ2v) is 12.5. The van der Waals surface area contributed by atoms with Gasteiger partial charge in [0.2, 0.25) is 0 Å². The van der Waals surface area contributed by atoms with Crippen LogP contribution in [0.2, 0.25) is 0 Å². The van der Waals surface area contributed by atoms with E-state index in [1.54, 1.807) is 0 Å². The summed E-state index contributed by atoms with van der Waals surface area (Å²) in [5.41, 5.74) is 0. The molecule has 0 rings (SSSR count). The third-order valence-electron chi connectivity index (χ3n) is 2.43. The standard InChI is InChI=1S/C10H14Br4O3/c1-5(8(11)4-10(12,13)14)3-7(6(2)15)9(16)17/h5,7-8H,3-4H2,1-2H3,(H,16,17)/p-1. The third-order valence-corrected chi connectivity index (χ3v) is 4.62. The van der Waals surface area contributed by atoms with E-state index in [0.29, 0.717) is 6.42 Å². The van der Waals surface area contributed by atoms with Gasteiger partial charge in [-0.2, -0.15) is 0 Å². The highest BCUT2D eigenvalue weighted by Crippen LogP contribution is 2.41. The maximum atomic E-state index is 11.2. The van der Waals surface area contributed by atoms with Crippen LogP contribution in [0.25, 0.3) is 0 Å². The van der Waals surface area contributed by atoms with Gasteiger partial charge in [-0.05, 0) is 25.7 Å². The Morgan fingerprint density at radius 1 is 1.29 bits per heavy atom. The largest absolute Gasteiger partial charge is 0.549 e. The number of halogens is 4. The Morgan fingerprint density at radius 2 is 1.76 bits per heavy atom. The van der Waals surface area contributed by atoms with Crippen LogP contribution in [0.4, 0.5) is 0 Å². The minimum absolute atomic E-state index is 0.0359.